The van der Waals surface area contributed by atoms with E-state index in [2.05, 4.69) is 36.1 Å². The first-order valence-corrected chi connectivity index (χ1v) is 7.36. The quantitative estimate of drug-likeness (QED) is 0.797. The van der Waals surface area contributed by atoms with Gasteiger partial charge in [0.05, 0.1) is 6.10 Å². The maximum atomic E-state index is 5.66. The lowest BCUT2D eigenvalue weighted by atomic mass is 10.1. The minimum Gasteiger partial charge on any atom is -0.378 e. The van der Waals surface area contributed by atoms with Gasteiger partial charge in [0.25, 0.3) is 0 Å². The molecule has 1 aromatic heterocycles. The average Bonchev–Trinajstić information content (AvgIpc) is 2.85. The van der Waals surface area contributed by atoms with Gasteiger partial charge in [0, 0.05) is 24.4 Å². The van der Waals surface area contributed by atoms with Gasteiger partial charge in [-0.05, 0) is 51.8 Å². The minimum atomic E-state index is 0.325. The van der Waals surface area contributed by atoms with Crippen LogP contribution in [0.15, 0.2) is 0 Å². The molecule has 1 aromatic rings. The highest BCUT2D eigenvalue weighted by molar-refractivity contribution is 5.24. The van der Waals surface area contributed by atoms with Gasteiger partial charge in [0.1, 0.15) is 5.82 Å². The smallest absolute Gasteiger partial charge is 0.131 e. The van der Waals surface area contributed by atoms with E-state index in [4.69, 9.17) is 4.74 Å². The molecule has 4 nitrogen and oxygen atoms in total. The lowest BCUT2D eigenvalue weighted by Gasteiger charge is -2.13. The molecule has 0 amide bonds. The van der Waals surface area contributed by atoms with Crippen LogP contribution in [0.3, 0.4) is 0 Å². The van der Waals surface area contributed by atoms with Crippen LogP contribution in [0, 0.1) is 13.8 Å². The fourth-order valence-electron chi connectivity index (χ4n) is 2.66. The van der Waals surface area contributed by atoms with Crippen LogP contribution in [0.25, 0.3) is 0 Å². The maximum absolute atomic E-state index is 5.66. The summed E-state index contributed by atoms with van der Waals surface area (Å²) in [4.78, 5) is 9.31. The topological polar surface area (TPSA) is 47.0 Å². The van der Waals surface area contributed by atoms with Crippen molar-refractivity contribution in [3.63, 3.8) is 0 Å². The molecule has 0 aliphatic carbocycles. The SMILES string of the molecule is CCNCCc1c(C)nc(CC2CCCO2)nc1C. The van der Waals surface area contributed by atoms with E-state index in [1.54, 1.807) is 0 Å². The monoisotopic (exact) mass is 263 g/mol. The molecule has 2 rings (SSSR count). The van der Waals surface area contributed by atoms with Gasteiger partial charge in [-0.3, -0.25) is 0 Å². The first-order chi connectivity index (χ1) is 9.20. The molecule has 1 aliphatic heterocycles. The Hall–Kier alpha value is -1.00. The van der Waals surface area contributed by atoms with Crippen molar-refractivity contribution in [2.75, 3.05) is 19.7 Å². The van der Waals surface area contributed by atoms with E-state index in [1.807, 2.05) is 0 Å². The number of likely N-dealkylation sites (N-methyl/N-ethyl adjacent to an activating group) is 1. The summed E-state index contributed by atoms with van der Waals surface area (Å²) in [5.41, 5.74) is 3.54. The van der Waals surface area contributed by atoms with E-state index >= 15 is 0 Å². The van der Waals surface area contributed by atoms with E-state index in [0.29, 0.717) is 6.10 Å². The van der Waals surface area contributed by atoms with E-state index < -0.39 is 0 Å². The predicted octanol–water partition coefficient (Wildman–Crippen LogP) is 1.97. The van der Waals surface area contributed by atoms with Crippen molar-refractivity contribution in [3.8, 4) is 0 Å². The second kappa shape index (κ2) is 6.96. The summed E-state index contributed by atoms with van der Waals surface area (Å²) in [5, 5.41) is 3.35. The van der Waals surface area contributed by atoms with Crippen molar-refractivity contribution < 1.29 is 4.74 Å². The molecule has 1 N–H and O–H groups in total. The van der Waals surface area contributed by atoms with Crippen molar-refractivity contribution in [1.82, 2.24) is 15.3 Å². The average molecular weight is 263 g/mol. The Bertz CT molecular complexity index is 391. The summed E-state index contributed by atoms with van der Waals surface area (Å²) in [7, 11) is 0. The summed E-state index contributed by atoms with van der Waals surface area (Å²) in [6, 6.07) is 0. The molecule has 0 bridgehead atoms. The van der Waals surface area contributed by atoms with Crippen LogP contribution in [-0.2, 0) is 17.6 Å². The van der Waals surface area contributed by atoms with Gasteiger partial charge in [-0.2, -0.15) is 0 Å². The number of rotatable bonds is 6. The van der Waals surface area contributed by atoms with Gasteiger partial charge in [-0.25, -0.2) is 9.97 Å². The number of hydrogen-bond donors (Lipinski definition) is 1. The fraction of sp³-hybridized carbons (Fsp3) is 0.733. The zero-order chi connectivity index (χ0) is 13.7. The summed E-state index contributed by atoms with van der Waals surface area (Å²) in [5.74, 6) is 0.939. The van der Waals surface area contributed by atoms with E-state index in [1.165, 1.54) is 12.0 Å². The van der Waals surface area contributed by atoms with E-state index in [9.17, 15) is 0 Å². The van der Waals surface area contributed by atoms with Crippen LogP contribution >= 0.6 is 0 Å². The standard InChI is InChI=1S/C15H25N3O/c1-4-16-8-7-14-11(2)17-15(18-12(14)3)10-13-6-5-9-19-13/h13,16H,4-10H2,1-3H3. The molecule has 0 aromatic carbocycles. The summed E-state index contributed by atoms with van der Waals surface area (Å²) < 4.78 is 5.66. The Morgan fingerprint density at radius 1 is 1.26 bits per heavy atom. The summed E-state index contributed by atoms with van der Waals surface area (Å²) >= 11 is 0. The van der Waals surface area contributed by atoms with Gasteiger partial charge < -0.3 is 10.1 Å². The molecule has 19 heavy (non-hydrogen) atoms. The zero-order valence-corrected chi connectivity index (χ0v) is 12.3. The highest BCUT2D eigenvalue weighted by atomic mass is 16.5. The Balaban J connectivity index is 2.02. The molecule has 4 heteroatoms. The molecule has 1 unspecified atom stereocenters. The van der Waals surface area contributed by atoms with Crippen molar-refractivity contribution in [2.24, 2.45) is 0 Å². The zero-order valence-electron chi connectivity index (χ0n) is 12.3. The highest BCUT2D eigenvalue weighted by Gasteiger charge is 2.18. The van der Waals surface area contributed by atoms with E-state index in [0.717, 1.165) is 56.2 Å². The number of nitrogens with zero attached hydrogens (tertiary/aromatic N) is 2. The summed E-state index contributed by atoms with van der Waals surface area (Å²) in [6.07, 6.45) is 4.50. The number of nitrogens with one attached hydrogen (secondary N) is 1. The third-order valence-corrected chi connectivity index (χ3v) is 3.70. The minimum absolute atomic E-state index is 0.325. The number of ether oxygens (including phenoxy) is 1. The maximum Gasteiger partial charge on any atom is 0.131 e. The van der Waals surface area contributed by atoms with Crippen molar-refractivity contribution in [1.29, 1.82) is 0 Å². The van der Waals surface area contributed by atoms with Crippen LogP contribution in [0.4, 0.5) is 0 Å². The Morgan fingerprint density at radius 3 is 2.58 bits per heavy atom. The van der Waals surface area contributed by atoms with Crippen molar-refractivity contribution >= 4 is 0 Å². The third kappa shape index (κ3) is 3.98. The van der Waals surface area contributed by atoms with Gasteiger partial charge >= 0.3 is 0 Å². The first kappa shape index (κ1) is 14.4. The second-order valence-corrected chi connectivity index (χ2v) is 5.23. The molecule has 0 radical (unpaired) electrons. The fourth-order valence-corrected chi connectivity index (χ4v) is 2.66. The predicted molar refractivity (Wildman–Crippen MR) is 76.4 cm³/mol. The molecule has 2 heterocycles. The molecule has 0 saturated carbocycles. The van der Waals surface area contributed by atoms with E-state index in [-0.39, 0.29) is 0 Å². The molecule has 106 valence electrons. The molecule has 1 atom stereocenters. The van der Waals surface area contributed by atoms with Crippen molar-refractivity contribution in [2.45, 2.75) is 52.6 Å². The normalized spacial score (nSPS) is 19.0. The number of aromatic nitrogens is 2. The van der Waals surface area contributed by atoms with Crippen LogP contribution in [0.2, 0.25) is 0 Å². The van der Waals surface area contributed by atoms with Gasteiger partial charge in [0.2, 0.25) is 0 Å². The molecule has 0 spiro atoms. The molecular formula is C15H25N3O. The lowest BCUT2D eigenvalue weighted by Crippen LogP contribution is -2.19. The lowest BCUT2D eigenvalue weighted by molar-refractivity contribution is 0.110. The molecule has 1 fully saturated rings. The van der Waals surface area contributed by atoms with Crippen LogP contribution in [0.5, 0.6) is 0 Å². The van der Waals surface area contributed by atoms with Gasteiger partial charge in [-0.15, -0.1) is 0 Å². The molecule has 1 aliphatic rings. The Kier molecular flexibility index (Phi) is 5.28. The van der Waals surface area contributed by atoms with Crippen molar-refractivity contribution in [3.05, 3.63) is 22.8 Å². The summed E-state index contributed by atoms with van der Waals surface area (Å²) in [6.45, 7) is 9.21. The van der Waals surface area contributed by atoms with Gasteiger partial charge in [-0.1, -0.05) is 6.92 Å². The Morgan fingerprint density at radius 2 is 2.00 bits per heavy atom. The number of hydrogen-bond acceptors (Lipinski definition) is 4. The second-order valence-electron chi connectivity index (χ2n) is 5.23. The van der Waals surface area contributed by atoms with Crippen LogP contribution in [-0.4, -0.2) is 35.8 Å². The van der Waals surface area contributed by atoms with Gasteiger partial charge in [0.15, 0.2) is 0 Å². The molecular weight excluding hydrogens is 238 g/mol. The number of aryl methyl sites for hydroxylation is 2. The molecule has 1 saturated heterocycles. The first-order valence-electron chi connectivity index (χ1n) is 7.36. The van der Waals surface area contributed by atoms with Crippen LogP contribution < -0.4 is 5.32 Å². The van der Waals surface area contributed by atoms with Crippen LogP contribution in [0.1, 0.15) is 42.5 Å². The Labute approximate surface area is 116 Å². The highest BCUT2D eigenvalue weighted by Crippen LogP contribution is 2.17. The largest absolute Gasteiger partial charge is 0.378 e. The third-order valence-electron chi connectivity index (χ3n) is 3.70.